The van der Waals surface area contributed by atoms with Crippen molar-refractivity contribution in [2.75, 3.05) is 11.9 Å². The number of alkyl halides is 3. The Hall–Kier alpha value is -3.17. The highest BCUT2D eigenvalue weighted by molar-refractivity contribution is 6.04. The number of aliphatic imine (C=N–C) groups is 1. The van der Waals surface area contributed by atoms with Crippen molar-refractivity contribution in [1.29, 1.82) is 0 Å². The Morgan fingerprint density at radius 2 is 1.97 bits per heavy atom. The second kappa shape index (κ2) is 12.5. The van der Waals surface area contributed by atoms with E-state index in [1.807, 2.05) is 13.8 Å². The molecule has 0 aliphatic carbocycles. The lowest BCUT2D eigenvalue weighted by Gasteiger charge is -2.13. The number of amides is 3. The van der Waals surface area contributed by atoms with Gasteiger partial charge in [0, 0.05) is 24.4 Å². The molecule has 10 heteroatoms. The number of aryl methyl sites for hydroxylation is 1. The normalized spacial score (nSPS) is 12.7. The van der Waals surface area contributed by atoms with Gasteiger partial charge in [0.1, 0.15) is 12.4 Å². The molecule has 3 amide bonds. The van der Waals surface area contributed by atoms with Crippen LogP contribution in [0, 0.1) is 6.92 Å². The Bertz CT molecular complexity index is 861. The molecule has 0 fully saturated rings. The van der Waals surface area contributed by atoms with Crippen molar-refractivity contribution in [1.82, 2.24) is 15.6 Å². The van der Waals surface area contributed by atoms with Gasteiger partial charge in [-0.15, -0.1) is 0 Å². The number of nitrogens with zero attached hydrogens (tertiary/aromatic N) is 2. The molecule has 0 aliphatic rings. The van der Waals surface area contributed by atoms with Crippen LogP contribution in [0.1, 0.15) is 51.3 Å². The number of pyridine rings is 1. The molecule has 31 heavy (non-hydrogen) atoms. The molecule has 1 rings (SSSR count). The van der Waals surface area contributed by atoms with Crippen LogP contribution >= 0.6 is 0 Å². The molecule has 0 radical (unpaired) electrons. The van der Waals surface area contributed by atoms with Gasteiger partial charge in [-0.05, 0) is 44.4 Å². The van der Waals surface area contributed by atoms with Gasteiger partial charge < -0.3 is 10.6 Å². The number of carbonyl (C=O) groups is 2. The smallest absolute Gasteiger partial charge is 0.329 e. The summed E-state index contributed by atoms with van der Waals surface area (Å²) in [5, 5.41) is 6.88. The summed E-state index contributed by atoms with van der Waals surface area (Å²) in [4.78, 5) is 32.2. The van der Waals surface area contributed by atoms with E-state index in [0.717, 1.165) is 0 Å². The number of halogens is 3. The number of allylic oxidation sites excluding steroid dienone is 2. The van der Waals surface area contributed by atoms with Crippen LogP contribution in [0.3, 0.4) is 0 Å². The van der Waals surface area contributed by atoms with E-state index in [-0.39, 0.29) is 11.7 Å². The molecule has 0 spiro atoms. The zero-order valence-electron chi connectivity index (χ0n) is 18.1. The van der Waals surface area contributed by atoms with Crippen molar-refractivity contribution in [2.24, 2.45) is 4.99 Å². The molecule has 170 valence electrons. The van der Waals surface area contributed by atoms with Crippen LogP contribution in [0.25, 0.3) is 5.57 Å². The van der Waals surface area contributed by atoms with Gasteiger partial charge in [0.25, 0.3) is 0 Å². The van der Waals surface area contributed by atoms with Crippen molar-refractivity contribution < 1.29 is 22.8 Å². The first kappa shape index (κ1) is 25.9. The van der Waals surface area contributed by atoms with Crippen LogP contribution in [0.4, 0.5) is 23.7 Å². The molecule has 3 N–H and O–H groups in total. The average Bonchev–Trinajstić information content (AvgIpc) is 2.69. The molecule has 0 saturated heterocycles. The summed E-state index contributed by atoms with van der Waals surface area (Å²) >= 11 is 0. The van der Waals surface area contributed by atoms with Crippen LogP contribution < -0.4 is 16.0 Å². The molecule has 0 saturated carbocycles. The van der Waals surface area contributed by atoms with Crippen molar-refractivity contribution in [2.45, 2.75) is 53.1 Å². The number of nitrogens with one attached hydrogen (secondary N) is 3. The van der Waals surface area contributed by atoms with E-state index in [2.05, 4.69) is 20.6 Å². The van der Waals surface area contributed by atoms with Gasteiger partial charge in [-0.1, -0.05) is 19.9 Å². The van der Waals surface area contributed by atoms with E-state index in [0.29, 0.717) is 41.8 Å². The Balaban J connectivity index is 3.11. The highest BCUT2D eigenvalue weighted by atomic mass is 19.4. The van der Waals surface area contributed by atoms with Gasteiger partial charge in [-0.25, -0.2) is 9.79 Å². The van der Waals surface area contributed by atoms with Crippen molar-refractivity contribution in [3.05, 3.63) is 41.9 Å². The van der Waals surface area contributed by atoms with E-state index >= 15 is 0 Å². The third kappa shape index (κ3) is 9.92. The Labute approximate surface area is 179 Å². The third-order valence-electron chi connectivity index (χ3n) is 3.91. The summed E-state index contributed by atoms with van der Waals surface area (Å²) in [6.07, 6.45) is 3.47. The van der Waals surface area contributed by atoms with Crippen LogP contribution in [0.15, 0.2) is 35.6 Å². The molecular formula is C21H28F3N5O2. The number of anilines is 1. The summed E-state index contributed by atoms with van der Waals surface area (Å²) in [5.74, 6) is -0.0612. The fourth-order valence-electron chi connectivity index (χ4n) is 2.41. The van der Waals surface area contributed by atoms with Crippen molar-refractivity contribution >= 4 is 29.0 Å². The number of hydrogen-bond donors (Lipinski definition) is 3. The number of amidine groups is 1. The minimum absolute atomic E-state index is 0.0724. The lowest BCUT2D eigenvalue weighted by atomic mass is 10.1. The van der Waals surface area contributed by atoms with E-state index < -0.39 is 18.8 Å². The maximum absolute atomic E-state index is 12.3. The number of rotatable bonds is 8. The fourth-order valence-corrected chi connectivity index (χ4v) is 2.41. The van der Waals surface area contributed by atoms with Crippen molar-refractivity contribution in [3.63, 3.8) is 0 Å². The van der Waals surface area contributed by atoms with Crippen molar-refractivity contribution in [3.8, 4) is 0 Å². The number of aromatic nitrogens is 1. The molecular weight excluding hydrogens is 411 g/mol. The molecule has 0 atom stereocenters. The fraction of sp³-hybridized carbons (Fsp3) is 0.429. The quantitative estimate of drug-likeness (QED) is 0.404. The predicted molar refractivity (Wildman–Crippen MR) is 116 cm³/mol. The van der Waals surface area contributed by atoms with Gasteiger partial charge in [0.05, 0.1) is 11.4 Å². The summed E-state index contributed by atoms with van der Waals surface area (Å²) in [6, 6.07) is 0.705. The third-order valence-corrected chi connectivity index (χ3v) is 3.91. The van der Waals surface area contributed by atoms with Gasteiger partial charge in [0.15, 0.2) is 0 Å². The first-order valence-corrected chi connectivity index (χ1v) is 9.85. The Kier molecular flexibility index (Phi) is 10.4. The molecule has 0 aromatic carbocycles. The summed E-state index contributed by atoms with van der Waals surface area (Å²) < 4.78 is 36.8. The van der Waals surface area contributed by atoms with Crippen LogP contribution in [-0.4, -0.2) is 35.5 Å². The average molecular weight is 439 g/mol. The summed E-state index contributed by atoms with van der Waals surface area (Å²) in [6.45, 7) is 5.85. The zero-order chi connectivity index (χ0) is 23.4. The Morgan fingerprint density at radius 1 is 1.26 bits per heavy atom. The SMILES string of the molecule is CC/C=C/C(=N/C=C(\C)c1ccnc(C)c1NC(=O)CCC)NC(=O)NCC(F)(F)F. The van der Waals surface area contributed by atoms with Crippen LogP contribution in [0.5, 0.6) is 0 Å². The largest absolute Gasteiger partial charge is 0.405 e. The standard InChI is InChI=1S/C21H28F3N5O2/c1-5-7-9-17(28-20(31)27-13-21(22,23)24)26-12-14(3)16-10-11-25-15(4)19(16)29-18(30)8-6-2/h7,9-12H,5-6,8,13H2,1-4H3,(H,29,30)(H2,26,27,28,31)/b9-7+,14-12+. The van der Waals surface area contributed by atoms with E-state index in [1.54, 1.807) is 37.5 Å². The lowest BCUT2D eigenvalue weighted by Crippen LogP contribution is -2.42. The number of carbonyl (C=O) groups excluding carboxylic acids is 2. The highest BCUT2D eigenvalue weighted by Crippen LogP contribution is 2.26. The highest BCUT2D eigenvalue weighted by Gasteiger charge is 2.27. The summed E-state index contributed by atoms with van der Waals surface area (Å²) in [5.41, 5.74) is 2.55. The predicted octanol–water partition coefficient (Wildman–Crippen LogP) is 4.72. The minimum atomic E-state index is -4.51. The Morgan fingerprint density at radius 3 is 2.58 bits per heavy atom. The summed E-state index contributed by atoms with van der Waals surface area (Å²) in [7, 11) is 0. The molecule has 7 nitrogen and oxygen atoms in total. The van der Waals surface area contributed by atoms with Gasteiger partial charge >= 0.3 is 12.2 Å². The van der Waals surface area contributed by atoms with Gasteiger partial charge in [-0.2, -0.15) is 13.2 Å². The molecule has 0 aliphatic heterocycles. The molecule has 0 unspecified atom stereocenters. The number of urea groups is 1. The maximum atomic E-state index is 12.3. The van der Waals surface area contributed by atoms with Gasteiger partial charge in [0.2, 0.25) is 5.91 Å². The van der Waals surface area contributed by atoms with Crippen LogP contribution in [0.2, 0.25) is 0 Å². The lowest BCUT2D eigenvalue weighted by molar-refractivity contribution is -0.122. The molecule has 0 bridgehead atoms. The molecule has 1 aromatic heterocycles. The number of hydrogen-bond acceptors (Lipinski definition) is 4. The second-order valence-corrected chi connectivity index (χ2v) is 6.68. The molecule has 1 aromatic rings. The van der Waals surface area contributed by atoms with E-state index in [9.17, 15) is 22.8 Å². The minimum Gasteiger partial charge on any atom is -0.329 e. The first-order chi connectivity index (χ1) is 14.6. The van der Waals surface area contributed by atoms with Gasteiger partial charge in [-0.3, -0.25) is 15.1 Å². The maximum Gasteiger partial charge on any atom is 0.405 e. The molecule has 1 heterocycles. The monoisotopic (exact) mass is 439 g/mol. The van der Waals surface area contributed by atoms with E-state index in [1.165, 1.54) is 12.3 Å². The van der Waals surface area contributed by atoms with Crippen LogP contribution in [-0.2, 0) is 4.79 Å². The first-order valence-electron chi connectivity index (χ1n) is 9.85. The van der Waals surface area contributed by atoms with E-state index in [4.69, 9.17) is 0 Å². The zero-order valence-corrected chi connectivity index (χ0v) is 18.1. The topological polar surface area (TPSA) is 95.5 Å². The second-order valence-electron chi connectivity index (χ2n) is 6.68.